The second kappa shape index (κ2) is 6.48. The molecule has 0 aliphatic heterocycles. The first kappa shape index (κ1) is 14.5. The molecule has 0 aliphatic carbocycles. The Morgan fingerprint density at radius 3 is 2.75 bits per heavy atom. The van der Waals surface area contributed by atoms with Gasteiger partial charge >= 0.3 is 0 Å². The average Bonchev–Trinajstić information content (AvgIpc) is 2.41. The SMILES string of the molecule is CC(N)Cc1c(F)cccc1N(C)Cc1cccnc1. The van der Waals surface area contributed by atoms with E-state index in [2.05, 4.69) is 4.98 Å². The fourth-order valence-electron chi connectivity index (χ4n) is 2.28. The molecule has 1 aromatic carbocycles. The van der Waals surface area contributed by atoms with Crippen LogP contribution < -0.4 is 10.6 Å². The van der Waals surface area contributed by atoms with Gasteiger partial charge in [-0.25, -0.2) is 4.39 Å². The summed E-state index contributed by atoms with van der Waals surface area (Å²) in [5.74, 6) is -0.196. The van der Waals surface area contributed by atoms with Crippen LogP contribution in [0.2, 0.25) is 0 Å². The minimum absolute atomic E-state index is 0.0718. The number of nitrogens with two attached hydrogens (primary N) is 1. The van der Waals surface area contributed by atoms with Gasteiger partial charge in [0.2, 0.25) is 0 Å². The topological polar surface area (TPSA) is 42.1 Å². The molecule has 20 heavy (non-hydrogen) atoms. The number of pyridine rings is 1. The van der Waals surface area contributed by atoms with E-state index in [4.69, 9.17) is 5.73 Å². The Morgan fingerprint density at radius 2 is 2.10 bits per heavy atom. The van der Waals surface area contributed by atoms with Gasteiger partial charge in [-0.05, 0) is 37.1 Å². The lowest BCUT2D eigenvalue weighted by atomic mass is 10.0. The smallest absolute Gasteiger partial charge is 0.128 e. The second-order valence-corrected chi connectivity index (χ2v) is 5.14. The van der Waals surface area contributed by atoms with Crippen LogP contribution in [0.5, 0.6) is 0 Å². The van der Waals surface area contributed by atoms with Crippen molar-refractivity contribution in [2.24, 2.45) is 5.73 Å². The summed E-state index contributed by atoms with van der Waals surface area (Å²) in [6.07, 6.45) is 4.09. The zero-order chi connectivity index (χ0) is 14.5. The van der Waals surface area contributed by atoms with Crippen molar-refractivity contribution >= 4 is 5.69 Å². The molecule has 0 amide bonds. The van der Waals surface area contributed by atoms with E-state index in [1.165, 1.54) is 6.07 Å². The maximum absolute atomic E-state index is 14.0. The third-order valence-corrected chi connectivity index (χ3v) is 3.17. The third kappa shape index (κ3) is 3.54. The maximum Gasteiger partial charge on any atom is 0.128 e. The molecule has 0 fully saturated rings. The Balaban J connectivity index is 2.25. The molecule has 4 heteroatoms. The Hall–Kier alpha value is -1.94. The molecule has 2 rings (SSSR count). The van der Waals surface area contributed by atoms with Gasteiger partial charge in [0, 0.05) is 43.3 Å². The summed E-state index contributed by atoms with van der Waals surface area (Å²) in [5.41, 5.74) is 8.46. The molecule has 1 heterocycles. The first-order valence-corrected chi connectivity index (χ1v) is 6.71. The molecule has 2 N–H and O–H groups in total. The molecule has 106 valence electrons. The summed E-state index contributed by atoms with van der Waals surface area (Å²) in [4.78, 5) is 6.12. The number of halogens is 1. The Morgan fingerprint density at radius 1 is 1.30 bits per heavy atom. The molecule has 0 aliphatic rings. The standard InChI is InChI=1S/C16H20FN3/c1-12(18)9-14-15(17)6-3-7-16(14)20(2)11-13-5-4-8-19-10-13/h3-8,10,12H,9,11,18H2,1-2H3. The van der Waals surface area contributed by atoms with E-state index in [1.54, 1.807) is 12.3 Å². The Kier molecular flexibility index (Phi) is 4.69. The number of hydrogen-bond donors (Lipinski definition) is 1. The highest BCUT2D eigenvalue weighted by molar-refractivity contribution is 5.54. The van der Waals surface area contributed by atoms with E-state index in [0.29, 0.717) is 18.5 Å². The lowest BCUT2D eigenvalue weighted by molar-refractivity contribution is 0.595. The van der Waals surface area contributed by atoms with Crippen LogP contribution in [0.15, 0.2) is 42.7 Å². The van der Waals surface area contributed by atoms with Gasteiger partial charge in [-0.3, -0.25) is 4.98 Å². The Labute approximate surface area is 119 Å². The monoisotopic (exact) mass is 273 g/mol. The molecule has 3 nitrogen and oxygen atoms in total. The minimum Gasteiger partial charge on any atom is -0.370 e. The Bertz CT molecular complexity index is 555. The molecule has 0 bridgehead atoms. The molecule has 0 saturated heterocycles. The van der Waals surface area contributed by atoms with Crippen LogP contribution >= 0.6 is 0 Å². The van der Waals surface area contributed by atoms with Gasteiger partial charge < -0.3 is 10.6 Å². The predicted molar refractivity (Wildman–Crippen MR) is 80.1 cm³/mol. The summed E-state index contributed by atoms with van der Waals surface area (Å²) in [7, 11) is 1.95. The van der Waals surface area contributed by atoms with Gasteiger partial charge in [-0.2, -0.15) is 0 Å². The number of rotatable bonds is 5. The summed E-state index contributed by atoms with van der Waals surface area (Å²) >= 11 is 0. The molecule has 1 atom stereocenters. The van der Waals surface area contributed by atoms with Gasteiger partial charge in [0.15, 0.2) is 0 Å². The van der Waals surface area contributed by atoms with E-state index in [-0.39, 0.29) is 11.9 Å². The fraction of sp³-hybridized carbons (Fsp3) is 0.312. The summed E-state index contributed by atoms with van der Waals surface area (Å²) in [6.45, 7) is 2.57. The summed E-state index contributed by atoms with van der Waals surface area (Å²) < 4.78 is 14.0. The zero-order valence-electron chi connectivity index (χ0n) is 11.9. The highest BCUT2D eigenvalue weighted by Crippen LogP contribution is 2.24. The van der Waals surface area contributed by atoms with E-state index in [9.17, 15) is 4.39 Å². The molecule has 0 radical (unpaired) electrons. The lowest BCUT2D eigenvalue weighted by Crippen LogP contribution is -2.23. The molecule has 2 aromatic rings. The number of aromatic nitrogens is 1. The van der Waals surface area contributed by atoms with Crippen LogP contribution in [0, 0.1) is 5.82 Å². The summed E-state index contributed by atoms with van der Waals surface area (Å²) in [6, 6.07) is 8.98. The molecule has 1 unspecified atom stereocenters. The largest absolute Gasteiger partial charge is 0.370 e. The van der Waals surface area contributed by atoms with Crippen LogP contribution in [0.4, 0.5) is 10.1 Å². The van der Waals surface area contributed by atoms with Crippen LogP contribution in [-0.4, -0.2) is 18.1 Å². The van der Waals surface area contributed by atoms with Crippen molar-refractivity contribution in [3.05, 3.63) is 59.7 Å². The van der Waals surface area contributed by atoms with Crippen molar-refractivity contribution in [3.63, 3.8) is 0 Å². The number of benzene rings is 1. The number of nitrogens with zero attached hydrogens (tertiary/aromatic N) is 2. The molecule has 0 saturated carbocycles. The van der Waals surface area contributed by atoms with Crippen LogP contribution in [-0.2, 0) is 13.0 Å². The van der Waals surface area contributed by atoms with Crippen LogP contribution in [0.1, 0.15) is 18.1 Å². The first-order chi connectivity index (χ1) is 9.58. The normalized spacial score (nSPS) is 12.2. The third-order valence-electron chi connectivity index (χ3n) is 3.17. The quantitative estimate of drug-likeness (QED) is 0.911. The van der Waals surface area contributed by atoms with Gasteiger partial charge in [0.25, 0.3) is 0 Å². The lowest BCUT2D eigenvalue weighted by Gasteiger charge is -2.23. The minimum atomic E-state index is -0.196. The molecular weight excluding hydrogens is 253 g/mol. The second-order valence-electron chi connectivity index (χ2n) is 5.14. The maximum atomic E-state index is 14.0. The molecule has 0 spiro atoms. The number of anilines is 1. The predicted octanol–water partition coefficient (Wildman–Crippen LogP) is 2.75. The fourth-order valence-corrected chi connectivity index (χ4v) is 2.28. The number of hydrogen-bond acceptors (Lipinski definition) is 3. The van der Waals surface area contributed by atoms with Crippen molar-refractivity contribution in [1.82, 2.24) is 4.98 Å². The van der Waals surface area contributed by atoms with Gasteiger partial charge in [-0.15, -0.1) is 0 Å². The van der Waals surface area contributed by atoms with Crippen LogP contribution in [0.3, 0.4) is 0 Å². The van der Waals surface area contributed by atoms with Gasteiger partial charge in [-0.1, -0.05) is 12.1 Å². The van der Waals surface area contributed by atoms with E-state index in [1.807, 2.05) is 43.3 Å². The van der Waals surface area contributed by atoms with E-state index in [0.717, 1.165) is 11.3 Å². The van der Waals surface area contributed by atoms with Crippen molar-refractivity contribution in [3.8, 4) is 0 Å². The molecular formula is C16H20FN3. The van der Waals surface area contributed by atoms with E-state index < -0.39 is 0 Å². The van der Waals surface area contributed by atoms with Gasteiger partial charge in [0.05, 0.1) is 0 Å². The van der Waals surface area contributed by atoms with Crippen molar-refractivity contribution in [1.29, 1.82) is 0 Å². The van der Waals surface area contributed by atoms with Crippen molar-refractivity contribution < 1.29 is 4.39 Å². The molecule has 1 aromatic heterocycles. The highest BCUT2D eigenvalue weighted by Gasteiger charge is 2.13. The van der Waals surface area contributed by atoms with Crippen LogP contribution in [0.25, 0.3) is 0 Å². The van der Waals surface area contributed by atoms with Crippen molar-refractivity contribution in [2.45, 2.75) is 25.9 Å². The van der Waals surface area contributed by atoms with E-state index >= 15 is 0 Å². The first-order valence-electron chi connectivity index (χ1n) is 6.71. The van der Waals surface area contributed by atoms with Gasteiger partial charge in [0.1, 0.15) is 5.82 Å². The summed E-state index contributed by atoms with van der Waals surface area (Å²) in [5, 5.41) is 0. The zero-order valence-corrected chi connectivity index (χ0v) is 11.9. The highest BCUT2D eigenvalue weighted by atomic mass is 19.1. The van der Waals surface area contributed by atoms with Crippen molar-refractivity contribution in [2.75, 3.05) is 11.9 Å². The average molecular weight is 273 g/mol.